The Hall–Kier alpha value is -4.36. The van der Waals surface area contributed by atoms with Crippen LogP contribution in [0.5, 0.6) is 0 Å². The van der Waals surface area contributed by atoms with Crippen molar-refractivity contribution < 1.29 is 47.8 Å². The third-order valence-electron chi connectivity index (χ3n) is 9.41. The Morgan fingerprint density at radius 1 is 0.607 bits per heavy atom. The predicted molar refractivity (Wildman–Crippen MR) is 206 cm³/mol. The molecule has 318 valence electrons. The molecule has 0 aliphatic heterocycles. The number of rotatable bonds is 33. The zero-order valence-corrected chi connectivity index (χ0v) is 33.1. The minimum absolute atomic E-state index is 0.0416. The van der Waals surface area contributed by atoms with Crippen molar-refractivity contribution in [2.45, 2.75) is 133 Å². The lowest BCUT2D eigenvalue weighted by molar-refractivity contribution is -0.139. The van der Waals surface area contributed by atoms with Crippen LogP contribution in [-0.2, 0) is 43.0 Å². The zero-order valence-electron chi connectivity index (χ0n) is 33.1. The Morgan fingerprint density at radius 2 is 1.07 bits per heavy atom. The van der Waals surface area contributed by atoms with Crippen molar-refractivity contribution in [1.82, 2.24) is 36.8 Å². The molecule has 0 aromatic heterocycles. The average molecular weight is 796 g/mol. The van der Waals surface area contributed by atoms with E-state index < -0.39 is 59.7 Å². The highest BCUT2D eigenvalue weighted by Crippen LogP contribution is 2.21. The molecule has 3 atom stereocenters. The van der Waals surface area contributed by atoms with Crippen LogP contribution in [0.15, 0.2) is 0 Å². The van der Waals surface area contributed by atoms with Gasteiger partial charge in [0.1, 0.15) is 19.7 Å². The minimum atomic E-state index is -0.830. The van der Waals surface area contributed by atoms with Crippen LogP contribution in [0.3, 0.4) is 0 Å². The number of ether oxygens (including phenoxy) is 2. The van der Waals surface area contributed by atoms with Gasteiger partial charge in [-0.15, -0.1) is 0 Å². The van der Waals surface area contributed by atoms with E-state index in [1.807, 2.05) is 0 Å². The van der Waals surface area contributed by atoms with Gasteiger partial charge >= 0.3 is 6.09 Å². The van der Waals surface area contributed by atoms with E-state index in [0.717, 1.165) is 30.6 Å². The second-order valence-corrected chi connectivity index (χ2v) is 14.5. The van der Waals surface area contributed by atoms with Crippen molar-refractivity contribution in [1.29, 1.82) is 0 Å². The van der Waals surface area contributed by atoms with Crippen LogP contribution in [0.1, 0.15) is 103 Å². The van der Waals surface area contributed by atoms with Gasteiger partial charge in [0, 0.05) is 51.7 Å². The molecule has 2 fully saturated rings. The first-order valence-electron chi connectivity index (χ1n) is 19.9. The summed E-state index contributed by atoms with van der Waals surface area (Å²) in [6.45, 7) is -0.0686. The molecule has 2 aliphatic rings. The second-order valence-electron chi connectivity index (χ2n) is 14.5. The number of unbranched alkanes of at least 4 members (excludes halogenated alkanes) is 3. The van der Waals surface area contributed by atoms with Gasteiger partial charge in [-0.3, -0.25) is 33.6 Å². The fraction of sp³-hybridized carbons (Fsp3) is 0.784. The van der Waals surface area contributed by atoms with E-state index in [1.54, 1.807) is 0 Å². The van der Waals surface area contributed by atoms with Gasteiger partial charge in [-0.2, -0.15) is 0 Å². The summed E-state index contributed by atoms with van der Waals surface area (Å²) >= 11 is 0. The summed E-state index contributed by atoms with van der Waals surface area (Å²) in [5.41, 5.74) is 11.0. The topological polar surface area (TPSA) is 282 Å². The molecular formula is C37H65N9O10. The quantitative estimate of drug-likeness (QED) is 0.0372. The molecule has 19 nitrogen and oxygen atoms in total. The van der Waals surface area contributed by atoms with Gasteiger partial charge in [0.15, 0.2) is 5.78 Å². The molecule has 10 N–H and O–H groups in total. The van der Waals surface area contributed by atoms with Gasteiger partial charge in [-0.25, -0.2) is 4.79 Å². The standard InChI is InChI=1S/C37H65N9O10/c1-55-24-33(50)45-27(10-3-8-21-42-37(54)56-2)30(47)13-9-14-34(51)46(22-31(48)40-19-6-4-11-28(35(38)52)43-25-15-16-25)23-32(49)41-20-7-5-12-29(36(39)53)44-26-17-18-26/h25-29,43-44H,3-24H2,1-2H3,(H2,38,52)(H2,39,53)(H,40,48)(H,41,49)(H,42,54)(H,45,50)/t27-,28?,29?/m0/s1. The van der Waals surface area contributed by atoms with E-state index in [9.17, 15) is 38.4 Å². The molecule has 2 aliphatic carbocycles. The van der Waals surface area contributed by atoms with E-state index >= 15 is 0 Å². The number of hydrogen-bond acceptors (Lipinski definition) is 12. The van der Waals surface area contributed by atoms with E-state index in [1.165, 1.54) is 14.2 Å². The Bertz CT molecular complexity index is 1240. The smallest absolute Gasteiger partial charge is 0.406 e. The Labute approximate surface area is 329 Å². The summed E-state index contributed by atoms with van der Waals surface area (Å²) in [6.07, 6.45) is 8.31. The zero-order chi connectivity index (χ0) is 41.3. The Kier molecular flexibility index (Phi) is 23.3. The number of ketones is 1. The molecule has 0 aromatic rings. The SMILES string of the molecule is COCC(=O)N[C@@H](CCCCNC(=O)OC)C(=O)CCCC(=O)N(CC(=O)NCCCCC(NC1CC1)C(N)=O)CC(=O)NCCCCC(NC1CC1)C(N)=O. The fourth-order valence-corrected chi connectivity index (χ4v) is 5.94. The number of nitrogens with two attached hydrogens (primary N) is 2. The highest BCUT2D eigenvalue weighted by molar-refractivity contribution is 5.91. The second kappa shape index (κ2) is 27.3. The average Bonchev–Trinajstić information content (AvgIpc) is 4.09. The number of alkyl carbamates (subject to hydrolysis) is 1. The summed E-state index contributed by atoms with van der Waals surface area (Å²) in [5, 5.41) is 17.2. The third-order valence-corrected chi connectivity index (χ3v) is 9.41. The molecule has 0 spiro atoms. The monoisotopic (exact) mass is 795 g/mol. The van der Waals surface area contributed by atoms with Crippen molar-refractivity contribution in [3.63, 3.8) is 0 Å². The van der Waals surface area contributed by atoms with Crippen molar-refractivity contribution in [3.05, 3.63) is 0 Å². The first kappa shape index (κ1) is 47.8. The number of carbonyl (C=O) groups excluding carboxylic acids is 8. The Morgan fingerprint density at radius 3 is 1.50 bits per heavy atom. The molecular weight excluding hydrogens is 730 g/mol. The number of primary amides is 2. The largest absolute Gasteiger partial charge is 0.453 e. The summed E-state index contributed by atoms with van der Waals surface area (Å²) in [7, 11) is 2.61. The van der Waals surface area contributed by atoms with Gasteiger partial charge in [0.2, 0.25) is 35.4 Å². The number of nitrogens with zero attached hydrogens (tertiary/aromatic N) is 1. The van der Waals surface area contributed by atoms with E-state index in [2.05, 4.69) is 36.6 Å². The number of amides is 7. The minimum Gasteiger partial charge on any atom is -0.453 e. The maximum absolute atomic E-state index is 13.4. The predicted octanol–water partition coefficient (Wildman–Crippen LogP) is -1.00. The summed E-state index contributed by atoms with van der Waals surface area (Å²) in [6, 6.07) is -1.03. The molecule has 56 heavy (non-hydrogen) atoms. The van der Waals surface area contributed by atoms with Crippen molar-refractivity contribution in [3.8, 4) is 0 Å². The van der Waals surface area contributed by atoms with Crippen LogP contribution in [0, 0.1) is 0 Å². The molecule has 0 bridgehead atoms. The van der Waals surface area contributed by atoms with Gasteiger partial charge in [-0.1, -0.05) is 0 Å². The lowest BCUT2D eigenvalue weighted by Crippen LogP contribution is -2.46. The molecule has 0 saturated heterocycles. The Balaban J connectivity index is 1.90. The number of methoxy groups -OCH3 is 2. The third kappa shape index (κ3) is 22.3. The van der Waals surface area contributed by atoms with E-state index in [-0.39, 0.29) is 44.7 Å². The van der Waals surface area contributed by atoms with Crippen molar-refractivity contribution in [2.24, 2.45) is 11.5 Å². The number of nitrogens with one attached hydrogen (secondary N) is 6. The molecule has 2 rings (SSSR count). The molecule has 19 heteroatoms. The molecule has 0 heterocycles. The summed E-state index contributed by atoms with van der Waals surface area (Å²) in [4.78, 5) is 101. The van der Waals surface area contributed by atoms with Gasteiger partial charge in [0.05, 0.1) is 25.2 Å². The number of Topliss-reactive ketones (excluding diaryl/α,β-unsaturated/α-hetero) is 1. The van der Waals surface area contributed by atoms with Crippen LogP contribution >= 0.6 is 0 Å². The molecule has 0 radical (unpaired) electrons. The van der Waals surface area contributed by atoms with Gasteiger partial charge in [-0.05, 0) is 89.9 Å². The van der Waals surface area contributed by atoms with E-state index in [0.29, 0.717) is 89.5 Å². The van der Waals surface area contributed by atoms with Crippen LogP contribution in [0.25, 0.3) is 0 Å². The molecule has 7 amide bonds. The van der Waals surface area contributed by atoms with Gasteiger partial charge in [0.25, 0.3) is 0 Å². The van der Waals surface area contributed by atoms with Crippen LogP contribution in [-0.4, -0.2) is 136 Å². The number of carbonyl (C=O) groups is 8. The summed E-state index contributed by atoms with van der Waals surface area (Å²) in [5.74, 6) is -3.01. The van der Waals surface area contributed by atoms with Crippen LogP contribution in [0.2, 0.25) is 0 Å². The maximum Gasteiger partial charge on any atom is 0.406 e. The number of hydrogen-bond donors (Lipinski definition) is 8. The first-order valence-corrected chi connectivity index (χ1v) is 19.9. The van der Waals surface area contributed by atoms with Gasteiger partial charge < -0.3 is 57.7 Å². The fourth-order valence-electron chi connectivity index (χ4n) is 5.94. The first-order chi connectivity index (χ1) is 26.8. The maximum atomic E-state index is 13.4. The molecule has 2 unspecified atom stereocenters. The molecule has 2 saturated carbocycles. The lowest BCUT2D eigenvalue weighted by atomic mass is 10.0. The normalized spacial score (nSPS) is 15.1. The van der Waals surface area contributed by atoms with Crippen molar-refractivity contribution >= 4 is 47.3 Å². The van der Waals surface area contributed by atoms with E-state index in [4.69, 9.17) is 16.2 Å². The highest BCUT2D eigenvalue weighted by Gasteiger charge is 2.28. The highest BCUT2D eigenvalue weighted by atomic mass is 16.5. The molecule has 0 aromatic carbocycles. The lowest BCUT2D eigenvalue weighted by Gasteiger charge is -2.22. The van der Waals surface area contributed by atoms with Crippen LogP contribution in [0.4, 0.5) is 4.79 Å². The van der Waals surface area contributed by atoms with Crippen LogP contribution < -0.4 is 43.4 Å². The summed E-state index contributed by atoms with van der Waals surface area (Å²) < 4.78 is 9.41. The van der Waals surface area contributed by atoms with Crippen molar-refractivity contribution in [2.75, 3.05) is 53.6 Å².